The highest BCUT2D eigenvalue weighted by molar-refractivity contribution is 6.30. The van der Waals surface area contributed by atoms with Gasteiger partial charge in [0.05, 0.1) is 20.8 Å². The predicted octanol–water partition coefficient (Wildman–Crippen LogP) is 8.52. The van der Waals surface area contributed by atoms with E-state index in [9.17, 15) is 28.8 Å². The molecule has 1 saturated carbocycles. The second-order valence-electron chi connectivity index (χ2n) is 16.3. The van der Waals surface area contributed by atoms with Crippen molar-refractivity contribution in [2.45, 2.75) is 117 Å². The van der Waals surface area contributed by atoms with Crippen molar-refractivity contribution in [1.82, 2.24) is 0 Å². The monoisotopic (exact) mass is 862 g/mol. The van der Waals surface area contributed by atoms with E-state index in [0.29, 0.717) is 24.5 Å². The van der Waals surface area contributed by atoms with Crippen molar-refractivity contribution in [3.05, 3.63) is 77.4 Å². The van der Waals surface area contributed by atoms with Crippen LogP contribution in [-0.4, -0.2) is 83.1 Å². The summed E-state index contributed by atoms with van der Waals surface area (Å²) in [6, 6.07) is 12.5. The molecular weight excluding hydrogens is 797 g/mol. The molecule has 0 unspecified atom stereocenters. The molecule has 1 aliphatic carbocycles. The smallest absolute Gasteiger partial charge is 0.417 e. The van der Waals surface area contributed by atoms with Gasteiger partial charge < -0.3 is 33.2 Å². The Morgan fingerprint density at radius 1 is 0.629 bits per heavy atom. The van der Waals surface area contributed by atoms with Gasteiger partial charge in [0.15, 0.2) is 0 Å². The summed E-state index contributed by atoms with van der Waals surface area (Å²) in [7, 11) is 2.00. The van der Waals surface area contributed by atoms with Crippen LogP contribution in [0.5, 0.6) is 5.75 Å². The number of rotatable bonds is 24. The number of hydrogen-bond donors (Lipinski definition) is 0. The Morgan fingerprint density at radius 3 is 1.77 bits per heavy atom. The average molecular weight is 863 g/mol. The maximum absolute atomic E-state index is 12.6. The lowest BCUT2D eigenvalue weighted by Gasteiger charge is -2.32. The van der Waals surface area contributed by atoms with E-state index in [2.05, 4.69) is 54.7 Å². The van der Waals surface area contributed by atoms with Crippen molar-refractivity contribution < 1.29 is 61.9 Å². The van der Waals surface area contributed by atoms with E-state index in [4.69, 9.17) is 23.7 Å². The zero-order valence-corrected chi connectivity index (χ0v) is 37.6. The number of carbonyl (C=O) groups excluding carboxylic acids is 6. The number of unbranched alkanes of at least 4 members (excludes halogenated alkanes) is 4. The fraction of sp³-hybridized carbons (Fsp3) is 0.551. The van der Waals surface area contributed by atoms with Gasteiger partial charge in [0.2, 0.25) is 0 Å². The molecule has 2 aromatic rings. The van der Waals surface area contributed by atoms with Gasteiger partial charge >= 0.3 is 35.8 Å². The molecule has 0 aromatic heterocycles. The summed E-state index contributed by atoms with van der Waals surface area (Å²) in [5, 5.41) is 0. The summed E-state index contributed by atoms with van der Waals surface area (Å²) in [4.78, 5) is 73.6. The molecule has 0 aliphatic heterocycles. The van der Waals surface area contributed by atoms with E-state index in [-0.39, 0.29) is 17.8 Å². The van der Waals surface area contributed by atoms with Crippen molar-refractivity contribution >= 4 is 35.8 Å². The Morgan fingerprint density at radius 2 is 1.21 bits per heavy atom. The third-order valence-electron chi connectivity index (χ3n) is 11.2. The Hall–Kier alpha value is -5.46. The normalized spacial score (nSPS) is 14.8. The first-order valence-electron chi connectivity index (χ1n) is 21.7. The molecule has 0 N–H and O–H groups in total. The number of esters is 6. The zero-order chi connectivity index (χ0) is 45.7. The zero-order valence-electron chi connectivity index (χ0n) is 37.6. The van der Waals surface area contributed by atoms with Gasteiger partial charge in [-0.05, 0) is 111 Å². The van der Waals surface area contributed by atoms with Crippen LogP contribution in [0.4, 0.5) is 0 Å². The average Bonchev–Trinajstić information content (AvgIpc) is 3.28. The Bertz CT molecular complexity index is 1840. The van der Waals surface area contributed by atoms with E-state index in [1.807, 2.05) is 12.1 Å². The highest BCUT2D eigenvalue weighted by Gasteiger charge is 2.39. The number of benzene rings is 2. The quantitative estimate of drug-likeness (QED) is 0.0324. The summed E-state index contributed by atoms with van der Waals surface area (Å²) in [6.45, 7) is 12.4. The third-order valence-corrected chi connectivity index (χ3v) is 11.2. The second-order valence-corrected chi connectivity index (χ2v) is 16.3. The molecule has 2 aromatic carbocycles. The molecule has 340 valence electrons. The summed E-state index contributed by atoms with van der Waals surface area (Å²) in [5.74, 6) is -4.90. The van der Waals surface area contributed by atoms with E-state index >= 15 is 0 Å². The minimum absolute atomic E-state index is 0.0542. The van der Waals surface area contributed by atoms with Gasteiger partial charge in [0.25, 0.3) is 0 Å². The fourth-order valence-corrected chi connectivity index (χ4v) is 7.44. The van der Waals surface area contributed by atoms with Gasteiger partial charge in [-0.2, -0.15) is 0 Å². The molecule has 0 atom stereocenters. The third kappa shape index (κ3) is 16.1. The van der Waals surface area contributed by atoms with Crippen molar-refractivity contribution in [1.29, 1.82) is 0 Å². The van der Waals surface area contributed by atoms with Crippen LogP contribution in [0.1, 0.15) is 121 Å². The van der Waals surface area contributed by atoms with Gasteiger partial charge in [-0.25, -0.2) is 28.8 Å². The van der Waals surface area contributed by atoms with E-state index in [1.165, 1.54) is 82.3 Å². The van der Waals surface area contributed by atoms with Crippen molar-refractivity contribution in [3.63, 3.8) is 0 Å². The number of methoxy groups -OCH3 is 2. The number of ether oxygens (including phenoxy) is 7. The van der Waals surface area contributed by atoms with E-state index < -0.39 is 67.7 Å². The van der Waals surface area contributed by atoms with Crippen LogP contribution in [0.3, 0.4) is 0 Å². The molecule has 62 heavy (non-hydrogen) atoms. The summed E-state index contributed by atoms with van der Waals surface area (Å²) >= 11 is 0. The topological polar surface area (TPSA) is 167 Å². The van der Waals surface area contributed by atoms with Crippen LogP contribution in [0.15, 0.2) is 60.7 Å². The summed E-state index contributed by atoms with van der Waals surface area (Å²) in [6.07, 6.45) is 14.5. The van der Waals surface area contributed by atoms with Crippen LogP contribution in [0.2, 0.25) is 0 Å². The summed E-state index contributed by atoms with van der Waals surface area (Å²) < 4.78 is 36.6. The molecule has 0 spiro atoms. The van der Waals surface area contributed by atoms with Crippen molar-refractivity contribution in [2.24, 2.45) is 11.3 Å². The van der Waals surface area contributed by atoms with Crippen molar-refractivity contribution in [2.75, 3.05) is 47.3 Å². The first-order chi connectivity index (χ1) is 29.7. The first-order valence-corrected chi connectivity index (χ1v) is 21.7. The van der Waals surface area contributed by atoms with Crippen LogP contribution in [0.25, 0.3) is 11.1 Å². The molecule has 1 fully saturated rings. The lowest BCUT2D eigenvalue weighted by atomic mass is 9.76. The molecule has 0 heterocycles. The Kier molecular flexibility index (Phi) is 21.4. The SMILES string of the molecule is C=C(C)C(=O)OCCCc1cc(-c2ccc(C3CCC(CCCCCCC)CC3)cc2CC)ccc1OCC(COC(=O)C(=C)C)(COC(=O)C(=O)OC)COC(=O)C(=O)OC. The predicted molar refractivity (Wildman–Crippen MR) is 233 cm³/mol. The minimum atomic E-state index is -1.66. The van der Waals surface area contributed by atoms with E-state index in [1.54, 1.807) is 13.0 Å². The van der Waals surface area contributed by atoms with Crippen LogP contribution >= 0.6 is 0 Å². The maximum atomic E-state index is 12.6. The van der Waals surface area contributed by atoms with Gasteiger partial charge in [0, 0.05) is 11.1 Å². The molecule has 13 heteroatoms. The van der Waals surface area contributed by atoms with Gasteiger partial charge in [-0.3, -0.25) is 0 Å². The Labute approximate surface area is 366 Å². The van der Waals surface area contributed by atoms with Gasteiger partial charge in [0.1, 0.15) is 37.6 Å². The minimum Gasteiger partial charge on any atom is -0.492 e. The van der Waals surface area contributed by atoms with Gasteiger partial charge in [-0.1, -0.05) is 89.8 Å². The van der Waals surface area contributed by atoms with Crippen LogP contribution < -0.4 is 4.74 Å². The highest BCUT2D eigenvalue weighted by atomic mass is 16.6. The van der Waals surface area contributed by atoms with Crippen LogP contribution in [0, 0.1) is 11.3 Å². The molecule has 0 saturated heterocycles. The highest BCUT2D eigenvalue weighted by Crippen LogP contribution is 2.40. The van der Waals surface area contributed by atoms with E-state index in [0.717, 1.165) is 43.2 Å². The molecular formula is C49H66O13. The maximum Gasteiger partial charge on any atom is 0.417 e. The lowest BCUT2D eigenvalue weighted by molar-refractivity contribution is -0.177. The largest absolute Gasteiger partial charge is 0.492 e. The molecule has 1 aliphatic rings. The number of aryl methyl sites for hydroxylation is 2. The standard InChI is InChI=1S/C49H66O13/c1-9-11-12-13-14-16-35-18-20-37(21-19-35)38-22-24-41(36(10-2)27-38)39-23-25-42(40(28-39)17-15-26-58-43(50)33(3)4)59-29-49(30-60-44(51)34(5)6,31-61-47(54)45(52)56-7)32-62-48(55)46(53)57-8/h22-25,27-28,35,37H,3,5,9-21,26,29-32H2,1-2,4,6-8H3. The molecule has 0 bridgehead atoms. The van der Waals surface area contributed by atoms with Crippen molar-refractivity contribution in [3.8, 4) is 16.9 Å². The molecule has 3 rings (SSSR count). The molecule has 13 nitrogen and oxygen atoms in total. The molecule has 0 amide bonds. The molecule has 0 radical (unpaired) electrons. The fourth-order valence-electron chi connectivity index (χ4n) is 7.44. The van der Waals surface area contributed by atoms with Gasteiger partial charge in [-0.15, -0.1) is 0 Å². The Balaban J connectivity index is 1.96. The lowest BCUT2D eigenvalue weighted by Crippen LogP contribution is -2.45. The first kappa shape index (κ1) is 50.9. The number of hydrogen-bond acceptors (Lipinski definition) is 13. The second kappa shape index (κ2) is 26.1. The summed E-state index contributed by atoms with van der Waals surface area (Å²) in [5.41, 5.74) is 4.01. The van der Waals surface area contributed by atoms with Crippen LogP contribution in [-0.2, 0) is 70.0 Å². The number of carbonyl (C=O) groups is 6.